The number of fused-ring (bicyclic) bond motifs is 1. The zero-order valence-electron chi connectivity index (χ0n) is 11.9. The number of para-hydroxylation sites is 1. The van der Waals surface area contributed by atoms with Gasteiger partial charge in [0, 0.05) is 5.56 Å². The van der Waals surface area contributed by atoms with E-state index in [1.807, 2.05) is 24.3 Å². The van der Waals surface area contributed by atoms with E-state index in [0.717, 1.165) is 11.3 Å². The van der Waals surface area contributed by atoms with Crippen LogP contribution in [0.5, 0.6) is 5.75 Å². The molecule has 3 rings (SSSR count). The number of nitrogens with two attached hydrogens (primary N) is 1. The van der Waals surface area contributed by atoms with Crippen LogP contribution in [0.25, 0.3) is 0 Å². The molecular weight excluding hydrogens is 246 g/mol. The van der Waals surface area contributed by atoms with E-state index in [2.05, 4.69) is 18.2 Å². The fourth-order valence-corrected chi connectivity index (χ4v) is 3.05. The minimum absolute atomic E-state index is 0.127. The summed E-state index contributed by atoms with van der Waals surface area (Å²) in [7, 11) is 1.69. The third-order valence-corrected chi connectivity index (χ3v) is 4.21. The van der Waals surface area contributed by atoms with Crippen molar-refractivity contribution in [3.8, 4) is 5.75 Å². The van der Waals surface area contributed by atoms with Crippen LogP contribution in [0.4, 0.5) is 0 Å². The van der Waals surface area contributed by atoms with Crippen molar-refractivity contribution in [3.05, 3.63) is 64.7 Å². The number of methoxy groups -OCH3 is 1. The highest BCUT2D eigenvalue weighted by molar-refractivity contribution is 5.44. The Morgan fingerprint density at radius 2 is 1.75 bits per heavy atom. The Morgan fingerprint density at radius 3 is 2.55 bits per heavy atom. The van der Waals surface area contributed by atoms with Gasteiger partial charge in [0.2, 0.25) is 0 Å². The van der Waals surface area contributed by atoms with Gasteiger partial charge in [-0.05, 0) is 48.4 Å². The summed E-state index contributed by atoms with van der Waals surface area (Å²) in [4.78, 5) is 0. The first-order valence-corrected chi connectivity index (χ1v) is 7.30. The molecule has 2 N–H and O–H groups in total. The van der Waals surface area contributed by atoms with Gasteiger partial charge < -0.3 is 10.5 Å². The highest BCUT2D eigenvalue weighted by atomic mass is 16.5. The molecule has 0 aromatic heterocycles. The largest absolute Gasteiger partial charge is 0.496 e. The van der Waals surface area contributed by atoms with Gasteiger partial charge in [-0.25, -0.2) is 0 Å². The van der Waals surface area contributed by atoms with E-state index in [4.69, 9.17) is 10.5 Å². The quantitative estimate of drug-likeness (QED) is 0.921. The molecule has 0 fully saturated rings. The Balaban J connectivity index is 1.96. The predicted molar refractivity (Wildman–Crippen MR) is 82.1 cm³/mol. The van der Waals surface area contributed by atoms with E-state index in [0.29, 0.717) is 0 Å². The van der Waals surface area contributed by atoms with Crippen LogP contribution in [-0.2, 0) is 12.8 Å². The molecule has 0 aliphatic heterocycles. The lowest BCUT2D eigenvalue weighted by atomic mass is 9.88. The molecule has 1 unspecified atom stereocenters. The van der Waals surface area contributed by atoms with Crippen molar-refractivity contribution in [2.75, 3.05) is 7.11 Å². The fraction of sp³-hybridized carbons (Fsp3) is 0.333. The third kappa shape index (κ3) is 2.44. The van der Waals surface area contributed by atoms with Gasteiger partial charge in [-0.1, -0.05) is 36.4 Å². The average molecular weight is 267 g/mol. The lowest BCUT2D eigenvalue weighted by Gasteiger charge is -2.20. The SMILES string of the molecule is COc1ccccc1C(N)c1ccc2c(c1)CCCC2. The van der Waals surface area contributed by atoms with E-state index >= 15 is 0 Å². The van der Waals surface area contributed by atoms with Gasteiger partial charge in [0.15, 0.2) is 0 Å². The standard InChI is InChI=1S/C18H21NO/c1-20-17-9-5-4-8-16(17)18(19)15-11-10-13-6-2-3-7-14(13)12-15/h4-5,8-12,18H,2-3,6-7,19H2,1H3. The van der Waals surface area contributed by atoms with E-state index in [1.54, 1.807) is 7.11 Å². The monoisotopic (exact) mass is 267 g/mol. The molecule has 0 saturated carbocycles. The summed E-state index contributed by atoms with van der Waals surface area (Å²) >= 11 is 0. The second-order valence-electron chi connectivity index (χ2n) is 5.45. The molecule has 0 saturated heterocycles. The highest BCUT2D eigenvalue weighted by Gasteiger charge is 2.16. The molecule has 1 aliphatic carbocycles. The molecule has 0 amide bonds. The van der Waals surface area contributed by atoms with Crippen LogP contribution >= 0.6 is 0 Å². The van der Waals surface area contributed by atoms with Crippen LogP contribution in [0, 0.1) is 0 Å². The second-order valence-corrected chi connectivity index (χ2v) is 5.45. The number of aryl methyl sites for hydroxylation is 2. The van der Waals surface area contributed by atoms with Gasteiger partial charge in [0.1, 0.15) is 5.75 Å². The Labute approximate surface area is 120 Å². The Kier molecular flexibility index (Phi) is 3.75. The summed E-state index contributed by atoms with van der Waals surface area (Å²) in [5.74, 6) is 0.859. The maximum absolute atomic E-state index is 6.45. The van der Waals surface area contributed by atoms with Crippen LogP contribution in [-0.4, -0.2) is 7.11 Å². The van der Waals surface area contributed by atoms with Crippen molar-refractivity contribution < 1.29 is 4.74 Å². The number of rotatable bonds is 3. The molecular formula is C18H21NO. The van der Waals surface area contributed by atoms with Crippen LogP contribution in [0.2, 0.25) is 0 Å². The smallest absolute Gasteiger partial charge is 0.123 e. The zero-order valence-corrected chi connectivity index (χ0v) is 11.9. The maximum Gasteiger partial charge on any atom is 0.123 e. The lowest BCUT2D eigenvalue weighted by molar-refractivity contribution is 0.408. The van der Waals surface area contributed by atoms with Gasteiger partial charge in [-0.2, -0.15) is 0 Å². The van der Waals surface area contributed by atoms with E-state index < -0.39 is 0 Å². The Morgan fingerprint density at radius 1 is 1.00 bits per heavy atom. The molecule has 2 aromatic carbocycles. The number of hydrogen-bond donors (Lipinski definition) is 1. The van der Waals surface area contributed by atoms with Crippen molar-refractivity contribution in [2.24, 2.45) is 5.73 Å². The normalized spacial score (nSPS) is 15.5. The zero-order chi connectivity index (χ0) is 13.9. The van der Waals surface area contributed by atoms with Gasteiger partial charge in [-0.15, -0.1) is 0 Å². The fourth-order valence-electron chi connectivity index (χ4n) is 3.05. The first kappa shape index (κ1) is 13.2. The van der Waals surface area contributed by atoms with Crippen LogP contribution in [0.3, 0.4) is 0 Å². The molecule has 0 heterocycles. The van der Waals surface area contributed by atoms with Crippen molar-refractivity contribution in [1.82, 2.24) is 0 Å². The Hall–Kier alpha value is -1.80. The van der Waals surface area contributed by atoms with Crippen molar-refractivity contribution in [1.29, 1.82) is 0 Å². The van der Waals surface area contributed by atoms with E-state index in [-0.39, 0.29) is 6.04 Å². The van der Waals surface area contributed by atoms with Crippen LogP contribution in [0.1, 0.15) is 41.1 Å². The molecule has 1 atom stereocenters. The molecule has 104 valence electrons. The van der Waals surface area contributed by atoms with Crippen molar-refractivity contribution in [3.63, 3.8) is 0 Å². The minimum atomic E-state index is -0.127. The van der Waals surface area contributed by atoms with Gasteiger partial charge >= 0.3 is 0 Å². The molecule has 2 heteroatoms. The van der Waals surface area contributed by atoms with Crippen LogP contribution in [0.15, 0.2) is 42.5 Å². The predicted octanol–water partition coefficient (Wildman–Crippen LogP) is 3.62. The molecule has 20 heavy (non-hydrogen) atoms. The van der Waals surface area contributed by atoms with E-state index in [9.17, 15) is 0 Å². The maximum atomic E-state index is 6.45. The molecule has 1 aliphatic rings. The number of hydrogen-bond acceptors (Lipinski definition) is 2. The average Bonchev–Trinajstić information content (AvgIpc) is 2.53. The van der Waals surface area contributed by atoms with Crippen molar-refractivity contribution >= 4 is 0 Å². The summed E-state index contributed by atoms with van der Waals surface area (Å²) in [5, 5.41) is 0. The first-order valence-electron chi connectivity index (χ1n) is 7.30. The van der Waals surface area contributed by atoms with Crippen molar-refractivity contribution in [2.45, 2.75) is 31.7 Å². The molecule has 2 nitrogen and oxygen atoms in total. The Bertz CT molecular complexity index is 606. The molecule has 0 bridgehead atoms. The van der Waals surface area contributed by atoms with Gasteiger partial charge in [0.05, 0.1) is 13.2 Å². The molecule has 2 aromatic rings. The minimum Gasteiger partial charge on any atom is -0.496 e. The van der Waals surface area contributed by atoms with Crippen LogP contribution < -0.4 is 10.5 Å². The van der Waals surface area contributed by atoms with Gasteiger partial charge in [-0.3, -0.25) is 0 Å². The highest BCUT2D eigenvalue weighted by Crippen LogP contribution is 2.30. The summed E-state index contributed by atoms with van der Waals surface area (Å²) in [5.41, 5.74) is 11.6. The first-order chi connectivity index (χ1) is 9.79. The molecule has 0 radical (unpaired) electrons. The summed E-state index contributed by atoms with van der Waals surface area (Å²) < 4.78 is 5.42. The number of benzene rings is 2. The third-order valence-electron chi connectivity index (χ3n) is 4.21. The van der Waals surface area contributed by atoms with E-state index in [1.165, 1.54) is 42.4 Å². The molecule has 0 spiro atoms. The number of ether oxygens (including phenoxy) is 1. The van der Waals surface area contributed by atoms with Gasteiger partial charge in [0.25, 0.3) is 0 Å². The summed E-state index contributed by atoms with van der Waals surface area (Å²) in [6, 6.07) is 14.6. The summed E-state index contributed by atoms with van der Waals surface area (Å²) in [6.45, 7) is 0. The topological polar surface area (TPSA) is 35.2 Å². The lowest BCUT2D eigenvalue weighted by Crippen LogP contribution is -2.14. The summed E-state index contributed by atoms with van der Waals surface area (Å²) in [6.07, 6.45) is 4.99. The second kappa shape index (κ2) is 5.68.